The fourth-order valence-electron chi connectivity index (χ4n) is 1.42. The largest absolute Gasteiger partial charge is 0.439 e. The van der Waals surface area contributed by atoms with E-state index in [1.54, 1.807) is 12.1 Å². The molecule has 90 valence electrons. The minimum atomic E-state index is -0.326. The molecule has 5 heteroatoms. The Morgan fingerprint density at radius 1 is 1.47 bits per heavy atom. The van der Waals surface area contributed by atoms with Crippen molar-refractivity contribution in [3.05, 3.63) is 40.6 Å². The summed E-state index contributed by atoms with van der Waals surface area (Å²) < 4.78 is 19.9. The van der Waals surface area contributed by atoms with E-state index >= 15 is 0 Å². The first kappa shape index (κ1) is 12.3. The Bertz CT molecular complexity index is 527. The molecule has 2 rings (SSSR count). The van der Waals surface area contributed by atoms with Crippen LogP contribution < -0.4 is 5.32 Å². The van der Waals surface area contributed by atoms with Crippen molar-refractivity contribution in [1.82, 2.24) is 10.3 Å². The van der Waals surface area contributed by atoms with E-state index < -0.39 is 0 Å². The van der Waals surface area contributed by atoms with Gasteiger partial charge in [0.1, 0.15) is 5.82 Å². The molecule has 0 fully saturated rings. The van der Waals surface area contributed by atoms with Gasteiger partial charge in [0.25, 0.3) is 0 Å². The molecule has 0 saturated carbocycles. The van der Waals surface area contributed by atoms with Crippen LogP contribution >= 0.6 is 15.9 Å². The van der Waals surface area contributed by atoms with Crippen molar-refractivity contribution in [3.63, 3.8) is 0 Å². The summed E-state index contributed by atoms with van der Waals surface area (Å²) in [6.07, 6.45) is 1.54. The standard InChI is InChI=1S/C12H12BrFN2O/c1-7(15-2)12-16-6-11(17-12)9-5-8(13)3-4-10(9)14/h3-7,15H,1-2H3. The molecular formula is C12H12BrFN2O. The fraction of sp³-hybridized carbons (Fsp3) is 0.250. The van der Waals surface area contributed by atoms with Crippen molar-refractivity contribution in [2.75, 3.05) is 7.05 Å². The number of nitrogens with zero attached hydrogens (tertiary/aromatic N) is 1. The third-order valence-corrected chi connectivity index (χ3v) is 3.01. The van der Waals surface area contributed by atoms with Crippen molar-refractivity contribution in [2.45, 2.75) is 13.0 Å². The highest BCUT2D eigenvalue weighted by atomic mass is 79.9. The number of hydrogen-bond donors (Lipinski definition) is 1. The van der Waals surface area contributed by atoms with Crippen LogP contribution in [0.1, 0.15) is 18.9 Å². The van der Waals surface area contributed by atoms with Crippen LogP contribution in [0.3, 0.4) is 0 Å². The average molecular weight is 299 g/mol. The van der Waals surface area contributed by atoms with E-state index in [0.29, 0.717) is 17.2 Å². The second-order valence-electron chi connectivity index (χ2n) is 3.70. The summed E-state index contributed by atoms with van der Waals surface area (Å²) in [7, 11) is 1.81. The monoisotopic (exact) mass is 298 g/mol. The van der Waals surface area contributed by atoms with Crippen molar-refractivity contribution >= 4 is 15.9 Å². The Morgan fingerprint density at radius 3 is 2.94 bits per heavy atom. The van der Waals surface area contributed by atoms with E-state index in [2.05, 4.69) is 26.2 Å². The molecule has 1 aromatic carbocycles. The Balaban J connectivity index is 2.40. The predicted molar refractivity (Wildman–Crippen MR) is 67.1 cm³/mol. The summed E-state index contributed by atoms with van der Waals surface area (Å²) in [5.41, 5.74) is 0.404. The first-order valence-electron chi connectivity index (χ1n) is 5.20. The first-order valence-corrected chi connectivity index (χ1v) is 5.99. The fourth-order valence-corrected chi connectivity index (χ4v) is 1.78. The van der Waals surface area contributed by atoms with E-state index in [4.69, 9.17) is 4.42 Å². The highest BCUT2D eigenvalue weighted by molar-refractivity contribution is 9.10. The van der Waals surface area contributed by atoms with Gasteiger partial charge < -0.3 is 9.73 Å². The lowest BCUT2D eigenvalue weighted by atomic mass is 10.2. The highest BCUT2D eigenvalue weighted by Crippen LogP contribution is 2.28. The van der Waals surface area contributed by atoms with E-state index in [0.717, 1.165) is 4.47 Å². The van der Waals surface area contributed by atoms with Crippen LogP contribution in [0, 0.1) is 5.82 Å². The molecule has 0 radical (unpaired) electrons. The molecular weight excluding hydrogens is 287 g/mol. The van der Waals surface area contributed by atoms with Crippen molar-refractivity contribution < 1.29 is 8.81 Å². The van der Waals surface area contributed by atoms with E-state index in [1.807, 2.05) is 14.0 Å². The molecule has 1 atom stereocenters. The molecule has 0 spiro atoms. The maximum atomic E-state index is 13.6. The number of hydrogen-bond acceptors (Lipinski definition) is 3. The number of nitrogens with one attached hydrogen (secondary N) is 1. The zero-order valence-electron chi connectivity index (χ0n) is 9.50. The Hall–Kier alpha value is -1.20. The number of rotatable bonds is 3. The van der Waals surface area contributed by atoms with Gasteiger partial charge in [0.2, 0.25) is 5.89 Å². The number of aromatic nitrogens is 1. The van der Waals surface area contributed by atoms with Gasteiger partial charge >= 0.3 is 0 Å². The SMILES string of the molecule is CNC(C)c1ncc(-c2cc(Br)ccc2F)o1. The summed E-state index contributed by atoms with van der Waals surface area (Å²) in [6, 6.07) is 4.71. The number of halogens is 2. The van der Waals surface area contributed by atoms with Crippen LogP contribution in [0.25, 0.3) is 11.3 Å². The molecule has 0 saturated heterocycles. The molecule has 0 aliphatic rings. The molecule has 2 aromatic rings. The zero-order chi connectivity index (χ0) is 12.4. The lowest BCUT2D eigenvalue weighted by Gasteiger charge is -2.04. The molecule has 1 unspecified atom stereocenters. The van der Waals surface area contributed by atoms with Gasteiger partial charge in [0.15, 0.2) is 5.76 Å². The Labute approximate surface area is 107 Å². The van der Waals surface area contributed by atoms with Crippen molar-refractivity contribution in [3.8, 4) is 11.3 Å². The smallest absolute Gasteiger partial charge is 0.211 e. The lowest BCUT2D eigenvalue weighted by molar-refractivity contribution is 0.440. The van der Waals surface area contributed by atoms with Crippen LogP contribution in [0.15, 0.2) is 33.3 Å². The maximum absolute atomic E-state index is 13.6. The quantitative estimate of drug-likeness (QED) is 0.942. The summed E-state index contributed by atoms with van der Waals surface area (Å²) in [5, 5.41) is 3.01. The second kappa shape index (κ2) is 4.98. The number of oxazole rings is 1. The van der Waals surface area contributed by atoms with Crippen LogP contribution in [-0.2, 0) is 0 Å². The Morgan fingerprint density at radius 2 is 2.24 bits per heavy atom. The highest BCUT2D eigenvalue weighted by Gasteiger charge is 2.14. The van der Waals surface area contributed by atoms with Crippen LogP contribution in [0.4, 0.5) is 4.39 Å². The number of benzene rings is 1. The first-order chi connectivity index (χ1) is 8.11. The minimum Gasteiger partial charge on any atom is -0.439 e. The third-order valence-electron chi connectivity index (χ3n) is 2.52. The van der Waals surface area contributed by atoms with Gasteiger partial charge in [-0.05, 0) is 32.2 Å². The minimum absolute atomic E-state index is 0.000959. The van der Waals surface area contributed by atoms with Crippen molar-refractivity contribution in [2.24, 2.45) is 0 Å². The molecule has 0 aliphatic carbocycles. The normalized spacial score (nSPS) is 12.7. The third kappa shape index (κ3) is 2.56. The van der Waals surface area contributed by atoms with Gasteiger partial charge in [-0.3, -0.25) is 0 Å². The average Bonchev–Trinajstić information content (AvgIpc) is 2.80. The second-order valence-corrected chi connectivity index (χ2v) is 4.61. The van der Waals surface area contributed by atoms with Gasteiger partial charge in [-0.15, -0.1) is 0 Å². The van der Waals surface area contributed by atoms with Gasteiger partial charge in [0, 0.05) is 4.47 Å². The Kier molecular flexibility index (Phi) is 3.59. The molecule has 1 N–H and O–H groups in total. The molecule has 1 aromatic heterocycles. The van der Waals surface area contributed by atoms with E-state index in [9.17, 15) is 4.39 Å². The molecule has 1 heterocycles. The van der Waals surface area contributed by atoms with Crippen LogP contribution in [0.5, 0.6) is 0 Å². The van der Waals surface area contributed by atoms with E-state index in [1.165, 1.54) is 12.3 Å². The van der Waals surface area contributed by atoms with E-state index in [-0.39, 0.29) is 11.9 Å². The summed E-state index contributed by atoms with van der Waals surface area (Å²) in [6.45, 7) is 1.92. The zero-order valence-corrected chi connectivity index (χ0v) is 11.1. The van der Waals surface area contributed by atoms with Gasteiger partial charge in [-0.25, -0.2) is 9.37 Å². The van der Waals surface area contributed by atoms with Crippen LogP contribution in [-0.4, -0.2) is 12.0 Å². The van der Waals surface area contributed by atoms with Crippen LogP contribution in [0.2, 0.25) is 0 Å². The lowest BCUT2D eigenvalue weighted by Crippen LogP contribution is -2.12. The molecule has 17 heavy (non-hydrogen) atoms. The van der Waals surface area contributed by atoms with Gasteiger partial charge in [-0.2, -0.15) is 0 Å². The maximum Gasteiger partial charge on any atom is 0.211 e. The summed E-state index contributed by atoms with van der Waals surface area (Å²) >= 11 is 3.30. The molecule has 3 nitrogen and oxygen atoms in total. The molecule has 0 aliphatic heterocycles. The summed E-state index contributed by atoms with van der Waals surface area (Å²) in [4.78, 5) is 4.12. The molecule has 0 amide bonds. The predicted octanol–water partition coefficient (Wildman–Crippen LogP) is 3.52. The summed E-state index contributed by atoms with van der Waals surface area (Å²) in [5.74, 6) is 0.649. The topological polar surface area (TPSA) is 38.1 Å². The molecule has 0 bridgehead atoms. The van der Waals surface area contributed by atoms with Gasteiger partial charge in [-0.1, -0.05) is 15.9 Å². The van der Waals surface area contributed by atoms with Crippen molar-refractivity contribution in [1.29, 1.82) is 0 Å². The van der Waals surface area contributed by atoms with Gasteiger partial charge in [0.05, 0.1) is 17.8 Å².